The molecule has 0 aliphatic carbocycles. The number of aryl methyl sites for hydroxylation is 1. The summed E-state index contributed by atoms with van der Waals surface area (Å²) in [5.41, 5.74) is 1.04. The standard InChI is InChI=1S/C8H11N5S/c1-5(7-3-4-9-12-7)10-8-11-6(2)13-14-8/h3-5H,1-2H3,(H,9,12)(H,10,11,13). The van der Waals surface area contributed by atoms with Crippen molar-refractivity contribution in [2.75, 3.05) is 5.32 Å². The topological polar surface area (TPSA) is 66.5 Å². The third kappa shape index (κ3) is 1.90. The minimum atomic E-state index is 0.171. The summed E-state index contributed by atoms with van der Waals surface area (Å²) in [4.78, 5) is 4.22. The molecule has 0 radical (unpaired) electrons. The van der Waals surface area contributed by atoms with Crippen LogP contribution in [0.5, 0.6) is 0 Å². The number of nitrogens with one attached hydrogen (secondary N) is 2. The van der Waals surface area contributed by atoms with Crippen LogP contribution < -0.4 is 5.32 Å². The van der Waals surface area contributed by atoms with E-state index in [0.29, 0.717) is 0 Å². The first-order chi connectivity index (χ1) is 6.75. The van der Waals surface area contributed by atoms with Crippen molar-refractivity contribution >= 4 is 16.7 Å². The number of H-pyrrole nitrogens is 1. The van der Waals surface area contributed by atoms with E-state index in [1.165, 1.54) is 11.5 Å². The Hall–Kier alpha value is -1.43. The Morgan fingerprint density at radius 3 is 3.00 bits per heavy atom. The van der Waals surface area contributed by atoms with Crippen LogP contribution in [0.15, 0.2) is 12.3 Å². The Balaban J connectivity index is 2.05. The quantitative estimate of drug-likeness (QED) is 0.808. The lowest BCUT2D eigenvalue weighted by Gasteiger charge is -2.09. The molecular formula is C8H11N5S. The lowest BCUT2D eigenvalue weighted by Crippen LogP contribution is -2.06. The van der Waals surface area contributed by atoms with Gasteiger partial charge in [0.1, 0.15) is 5.82 Å². The zero-order valence-electron chi connectivity index (χ0n) is 7.98. The molecule has 2 aromatic rings. The maximum Gasteiger partial charge on any atom is 0.203 e. The van der Waals surface area contributed by atoms with Gasteiger partial charge in [0.25, 0.3) is 0 Å². The molecule has 0 aliphatic heterocycles. The lowest BCUT2D eigenvalue weighted by atomic mass is 10.2. The summed E-state index contributed by atoms with van der Waals surface area (Å²) in [6.45, 7) is 3.92. The SMILES string of the molecule is Cc1nsc(NC(C)c2ccn[nH]2)n1. The van der Waals surface area contributed by atoms with Gasteiger partial charge in [0.05, 0.1) is 11.7 Å². The number of rotatable bonds is 3. The predicted octanol–water partition coefficient (Wildman–Crippen LogP) is 1.74. The molecule has 0 amide bonds. The summed E-state index contributed by atoms with van der Waals surface area (Å²) in [6, 6.07) is 2.11. The van der Waals surface area contributed by atoms with Gasteiger partial charge in [0.2, 0.25) is 5.13 Å². The number of aromatic nitrogens is 4. The molecular weight excluding hydrogens is 198 g/mol. The molecule has 1 atom stereocenters. The third-order valence-corrected chi connectivity index (χ3v) is 2.59. The second kappa shape index (κ2) is 3.75. The van der Waals surface area contributed by atoms with Gasteiger partial charge in [-0.05, 0) is 19.9 Å². The van der Waals surface area contributed by atoms with E-state index in [4.69, 9.17) is 0 Å². The highest BCUT2D eigenvalue weighted by Gasteiger charge is 2.08. The number of hydrogen-bond donors (Lipinski definition) is 2. The largest absolute Gasteiger partial charge is 0.352 e. The van der Waals surface area contributed by atoms with Crippen molar-refractivity contribution in [2.24, 2.45) is 0 Å². The van der Waals surface area contributed by atoms with Crippen LogP contribution >= 0.6 is 11.5 Å². The van der Waals surface area contributed by atoms with E-state index < -0.39 is 0 Å². The van der Waals surface area contributed by atoms with Crippen molar-refractivity contribution in [1.82, 2.24) is 19.6 Å². The van der Waals surface area contributed by atoms with E-state index in [1.807, 2.05) is 19.9 Å². The van der Waals surface area contributed by atoms with Crippen LogP contribution in [0.25, 0.3) is 0 Å². The first-order valence-corrected chi connectivity index (χ1v) is 5.09. The smallest absolute Gasteiger partial charge is 0.203 e. The molecule has 0 aliphatic rings. The fourth-order valence-corrected chi connectivity index (χ4v) is 1.79. The van der Waals surface area contributed by atoms with Crippen molar-refractivity contribution in [3.63, 3.8) is 0 Å². The van der Waals surface area contributed by atoms with Crippen LogP contribution in [0.1, 0.15) is 24.5 Å². The first-order valence-electron chi connectivity index (χ1n) is 4.32. The lowest BCUT2D eigenvalue weighted by molar-refractivity contribution is 0.823. The molecule has 2 heterocycles. The Morgan fingerprint density at radius 2 is 2.43 bits per heavy atom. The molecule has 5 nitrogen and oxygen atoms in total. The molecule has 1 unspecified atom stereocenters. The van der Waals surface area contributed by atoms with E-state index in [2.05, 4.69) is 24.9 Å². The van der Waals surface area contributed by atoms with E-state index in [9.17, 15) is 0 Å². The molecule has 6 heteroatoms. The molecule has 14 heavy (non-hydrogen) atoms. The number of anilines is 1. The summed E-state index contributed by atoms with van der Waals surface area (Å²) in [6.07, 6.45) is 1.73. The third-order valence-electron chi connectivity index (χ3n) is 1.86. The van der Waals surface area contributed by atoms with Crippen LogP contribution in [0.3, 0.4) is 0 Å². The maximum absolute atomic E-state index is 4.22. The zero-order chi connectivity index (χ0) is 9.97. The van der Waals surface area contributed by atoms with Gasteiger partial charge in [0.15, 0.2) is 0 Å². The summed E-state index contributed by atoms with van der Waals surface area (Å²) in [5, 5.41) is 10.9. The molecule has 0 bridgehead atoms. The maximum atomic E-state index is 4.22. The fourth-order valence-electron chi connectivity index (χ4n) is 1.13. The van der Waals surface area contributed by atoms with Crippen LogP contribution in [0.4, 0.5) is 5.13 Å². The van der Waals surface area contributed by atoms with Crippen molar-refractivity contribution in [3.05, 3.63) is 23.8 Å². The van der Waals surface area contributed by atoms with Crippen LogP contribution in [0, 0.1) is 6.92 Å². The molecule has 0 saturated carbocycles. The Kier molecular flexibility index (Phi) is 2.45. The molecule has 2 rings (SSSR count). The average Bonchev–Trinajstić information content (AvgIpc) is 2.75. The van der Waals surface area contributed by atoms with Gasteiger partial charge in [-0.1, -0.05) is 0 Å². The Labute approximate surface area is 85.8 Å². The summed E-state index contributed by atoms with van der Waals surface area (Å²) in [7, 11) is 0. The second-order valence-electron chi connectivity index (χ2n) is 3.02. The molecule has 0 spiro atoms. The molecule has 2 aromatic heterocycles. The highest BCUT2D eigenvalue weighted by atomic mass is 32.1. The number of nitrogens with zero attached hydrogens (tertiary/aromatic N) is 3. The van der Waals surface area contributed by atoms with E-state index >= 15 is 0 Å². The van der Waals surface area contributed by atoms with Gasteiger partial charge in [-0.25, -0.2) is 4.98 Å². The summed E-state index contributed by atoms with van der Waals surface area (Å²) in [5.74, 6) is 0.800. The van der Waals surface area contributed by atoms with E-state index in [-0.39, 0.29) is 6.04 Å². The van der Waals surface area contributed by atoms with Crippen molar-refractivity contribution in [3.8, 4) is 0 Å². The van der Waals surface area contributed by atoms with Crippen molar-refractivity contribution in [2.45, 2.75) is 19.9 Å². The predicted molar refractivity (Wildman–Crippen MR) is 55.3 cm³/mol. The monoisotopic (exact) mass is 209 g/mol. The van der Waals surface area contributed by atoms with Gasteiger partial charge in [-0.3, -0.25) is 5.10 Å². The van der Waals surface area contributed by atoms with Crippen molar-refractivity contribution < 1.29 is 0 Å². The molecule has 0 fully saturated rings. The first kappa shape index (κ1) is 9.14. The Morgan fingerprint density at radius 1 is 1.57 bits per heavy atom. The highest BCUT2D eigenvalue weighted by molar-refractivity contribution is 7.09. The Bertz CT molecular complexity index is 394. The van der Waals surface area contributed by atoms with Gasteiger partial charge in [0, 0.05) is 17.7 Å². The molecule has 2 N–H and O–H groups in total. The summed E-state index contributed by atoms with van der Waals surface area (Å²) < 4.78 is 4.09. The van der Waals surface area contributed by atoms with Gasteiger partial charge in [-0.2, -0.15) is 9.47 Å². The summed E-state index contributed by atoms with van der Waals surface area (Å²) >= 11 is 1.37. The number of hydrogen-bond acceptors (Lipinski definition) is 5. The molecule has 0 saturated heterocycles. The van der Waals surface area contributed by atoms with Gasteiger partial charge >= 0.3 is 0 Å². The van der Waals surface area contributed by atoms with E-state index in [0.717, 1.165) is 16.6 Å². The average molecular weight is 209 g/mol. The van der Waals surface area contributed by atoms with Crippen LogP contribution in [0.2, 0.25) is 0 Å². The van der Waals surface area contributed by atoms with E-state index in [1.54, 1.807) is 6.20 Å². The number of aromatic amines is 1. The van der Waals surface area contributed by atoms with Gasteiger partial charge < -0.3 is 5.32 Å². The van der Waals surface area contributed by atoms with Crippen LogP contribution in [-0.2, 0) is 0 Å². The van der Waals surface area contributed by atoms with Gasteiger partial charge in [-0.15, -0.1) is 0 Å². The van der Waals surface area contributed by atoms with Crippen molar-refractivity contribution in [1.29, 1.82) is 0 Å². The normalized spacial score (nSPS) is 12.7. The molecule has 74 valence electrons. The second-order valence-corrected chi connectivity index (χ2v) is 3.78. The zero-order valence-corrected chi connectivity index (χ0v) is 8.80. The fraction of sp³-hybridized carbons (Fsp3) is 0.375. The minimum absolute atomic E-state index is 0.171. The van der Waals surface area contributed by atoms with Crippen LogP contribution in [-0.4, -0.2) is 19.6 Å². The minimum Gasteiger partial charge on any atom is -0.352 e. The highest BCUT2D eigenvalue weighted by Crippen LogP contribution is 2.18. The molecule has 0 aromatic carbocycles.